The minimum absolute atomic E-state index is 1.04. The summed E-state index contributed by atoms with van der Waals surface area (Å²) >= 11 is 3.61. The van der Waals surface area contributed by atoms with E-state index in [2.05, 4.69) is 63.7 Å². The van der Waals surface area contributed by atoms with Crippen molar-refractivity contribution in [3.63, 3.8) is 0 Å². The van der Waals surface area contributed by atoms with Crippen LogP contribution in [0.1, 0.15) is 17.0 Å². The van der Waals surface area contributed by atoms with E-state index in [1.165, 1.54) is 22.5 Å². The third-order valence-electron chi connectivity index (χ3n) is 3.96. The molecule has 3 heteroatoms. The molecule has 94 valence electrons. The monoisotopic (exact) mass is 312 g/mol. The Balaban J connectivity index is 2.11. The predicted molar refractivity (Wildman–Crippen MR) is 80.5 cm³/mol. The smallest absolute Gasteiger partial charge is 0.137 e. The fourth-order valence-corrected chi connectivity index (χ4v) is 3.31. The number of imidazole rings is 1. The molecular weight excluding hydrogens is 300 g/mol. The highest BCUT2D eigenvalue weighted by Crippen LogP contribution is 2.34. The summed E-state index contributed by atoms with van der Waals surface area (Å²) in [7, 11) is 0. The molecule has 2 heterocycles. The molecule has 0 saturated heterocycles. The average molecular weight is 313 g/mol. The van der Waals surface area contributed by atoms with Crippen LogP contribution in [-0.2, 0) is 12.8 Å². The lowest BCUT2D eigenvalue weighted by Crippen LogP contribution is -2.06. The number of fused-ring (bicyclic) bond motifs is 5. The lowest BCUT2D eigenvalue weighted by atomic mass is 9.92. The van der Waals surface area contributed by atoms with Gasteiger partial charge in [-0.05, 0) is 53.4 Å². The largest absolute Gasteiger partial charge is 0.300 e. The summed E-state index contributed by atoms with van der Waals surface area (Å²) in [5.41, 5.74) is 7.47. The molecule has 1 aliphatic carbocycles. The number of hydrogen-bond donors (Lipinski definition) is 0. The van der Waals surface area contributed by atoms with Crippen molar-refractivity contribution in [2.75, 3.05) is 0 Å². The predicted octanol–water partition coefficient (Wildman–Crippen LogP) is 4.17. The van der Waals surface area contributed by atoms with Crippen molar-refractivity contribution >= 4 is 21.6 Å². The van der Waals surface area contributed by atoms with Gasteiger partial charge in [0.05, 0.1) is 11.4 Å². The second kappa shape index (κ2) is 3.94. The number of rotatable bonds is 0. The van der Waals surface area contributed by atoms with Crippen molar-refractivity contribution in [2.45, 2.75) is 19.8 Å². The van der Waals surface area contributed by atoms with Gasteiger partial charge >= 0.3 is 0 Å². The van der Waals surface area contributed by atoms with E-state index in [-0.39, 0.29) is 0 Å². The third-order valence-corrected chi connectivity index (χ3v) is 4.80. The second-order valence-electron chi connectivity index (χ2n) is 5.02. The molecule has 4 rings (SSSR count). The molecule has 1 aliphatic rings. The van der Waals surface area contributed by atoms with Crippen molar-refractivity contribution in [1.29, 1.82) is 0 Å². The summed E-state index contributed by atoms with van der Waals surface area (Å²) in [5, 5.41) is 0. The highest BCUT2D eigenvalue weighted by atomic mass is 79.9. The van der Waals surface area contributed by atoms with Gasteiger partial charge in [0.2, 0.25) is 0 Å². The van der Waals surface area contributed by atoms with E-state index in [9.17, 15) is 0 Å². The minimum atomic E-state index is 1.04. The Morgan fingerprint density at radius 3 is 2.84 bits per heavy atom. The van der Waals surface area contributed by atoms with Crippen LogP contribution in [0, 0.1) is 6.92 Å². The number of aryl methyl sites for hydroxylation is 3. The molecule has 0 bridgehead atoms. The van der Waals surface area contributed by atoms with Crippen LogP contribution in [0.15, 0.2) is 40.9 Å². The van der Waals surface area contributed by atoms with Crippen molar-refractivity contribution in [3.05, 3.63) is 57.8 Å². The molecule has 0 saturated carbocycles. The van der Waals surface area contributed by atoms with Gasteiger partial charge in [-0.1, -0.05) is 24.3 Å². The number of benzene rings is 1. The number of nitrogens with zero attached hydrogens (tertiary/aromatic N) is 2. The number of pyridine rings is 1. The molecule has 19 heavy (non-hydrogen) atoms. The Kier molecular flexibility index (Phi) is 2.33. The summed E-state index contributed by atoms with van der Waals surface area (Å²) in [6.45, 7) is 2.14. The molecule has 3 aromatic rings. The molecule has 2 aromatic heterocycles. The first-order valence-corrected chi connectivity index (χ1v) is 7.30. The highest BCUT2D eigenvalue weighted by Gasteiger charge is 2.22. The Labute approximate surface area is 120 Å². The topological polar surface area (TPSA) is 17.3 Å². The Hall–Kier alpha value is -1.61. The van der Waals surface area contributed by atoms with Gasteiger partial charge in [-0.15, -0.1) is 0 Å². The van der Waals surface area contributed by atoms with Crippen LogP contribution < -0.4 is 0 Å². The van der Waals surface area contributed by atoms with Crippen LogP contribution in [0.25, 0.3) is 16.9 Å². The van der Waals surface area contributed by atoms with E-state index in [0.717, 1.165) is 28.7 Å². The Bertz CT molecular complexity index is 802. The van der Waals surface area contributed by atoms with E-state index in [1.807, 2.05) is 0 Å². The third kappa shape index (κ3) is 1.51. The summed E-state index contributed by atoms with van der Waals surface area (Å²) < 4.78 is 3.43. The Morgan fingerprint density at radius 2 is 1.95 bits per heavy atom. The molecule has 0 radical (unpaired) electrons. The second-order valence-corrected chi connectivity index (χ2v) is 5.88. The van der Waals surface area contributed by atoms with Gasteiger partial charge in [-0.25, -0.2) is 4.98 Å². The molecule has 0 unspecified atom stereocenters. The average Bonchev–Trinajstić information content (AvgIpc) is 2.82. The maximum absolute atomic E-state index is 4.84. The number of aromatic nitrogens is 2. The van der Waals surface area contributed by atoms with Crippen molar-refractivity contribution in [1.82, 2.24) is 9.38 Å². The van der Waals surface area contributed by atoms with Crippen LogP contribution in [0.4, 0.5) is 0 Å². The molecule has 2 nitrogen and oxygen atoms in total. The quantitative estimate of drug-likeness (QED) is 0.609. The molecule has 0 fully saturated rings. The first kappa shape index (κ1) is 11.2. The van der Waals surface area contributed by atoms with Crippen LogP contribution in [0.5, 0.6) is 0 Å². The summed E-state index contributed by atoms with van der Waals surface area (Å²) in [6.07, 6.45) is 2.16. The van der Waals surface area contributed by atoms with Gasteiger partial charge in [0, 0.05) is 15.7 Å². The molecular formula is C16H13BrN2. The van der Waals surface area contributed by atoms with Gasteiger partial charge in [-0.3, -0.25) is 4.40 Å². The standard InChI is InChI=1S/C16H13BrN2/c1-10-13(17)7-9-15-18-16-12-5-3-2-4-11(12)6-8-14(16)19(10)15/h2-5,7,9H,6,8H2,1H3. The molecule has 1 aromatic carbocycles. The van der Waals surface area contributed by atoms with Crippen molar-refractivity contribution in [2.24, 2.45) is 0 Å². The molecule has 0 spiro atoms. The summed E-state index contributed by atoms with van der Waals surface area (Å²) in [4.78, 5) is 4.84. The van der Waals surface area contributed by atoms with Crippen LogP contribution in [-0.4, -0.2) is 9.38 Å². The van der Waals surface area contributed by atoms with E-state index in [0.29, 0.717) is 0 Å². The molecule has 0 atom stereocenters. The maximum Gasteiger partial charge on any atom is 0.137 e. The zero-order valence-electron chi connectivity index (χ0n) is 10.7. The maximum atomic E-state index is 4.84. The lowest BCUT2D eigenvalue weighted by Gasteiger charge is -2.16. The summed E-state index contributed by atoms with van der Waals surface area (Å²) in [6, 6.07) is 12.8. The summed E-state index contributed by atoms with van der Waals surface area (Å²) in [5.74, 6) is 0. The lowest BCUT2D eigenvalue weighted by molar-refractivity contribution is 0.866. The molecule has 0 aliphatic heterocycles. The van der Waals surface area contributed by atoms with Crippen molar-refractivity contribution < 1.29 is 0 Å². The van der Waals surface area contributed by atoms with Gasteiger partial charge in [0.1, 0.15) is 5.65 Å². The molecule has 0 amide bonds. The van der Waals surface area contributed by atoms with E-state index in [1.54, 1.807) is 0 Å². The molecule has 0 N–H and O–H groups in total. The fraction of sp³-hybridized carbons (Fsp3) is 0.188. The zero-order chi connectivity index (χ0) is 13.0. The van der Waals surface area contributed by atoms with Gasteiger partial charge in [-0.2, -0.15) is 0 Å². The van der Waals surface area contributed by atoms with Gasteiger partial charge < -0.3 is 0 Å². The number of halogens is 1. The van der Waals surface area contributed by atoms with E-state index < -0.39 is 0 Å². The normalized spacial score (nSPS) is 13.4. The first-order valence-electron chi connectivity index (χ1n) is 6.50. The van der Waals surface area contributed by atoms with Gasteiger partial charge in [0.25, 0.3) is 0 Å². The van der Waals surface area contributed by atoms with E-state index in [4.69, 9.17) is 4.98 Å². The van der Waals surface area contributed by atoms with Crippen LogP contribution >= 0.6 is 15.9 Å². The fourth-order valence-electron chi connectivity index (χ4n) is 3.00. The Morgan fingerprint density at radius 1 is 1.11 bits per heavy atom. The SMILES string of the molecule is Cc1c(Br)ccc2nc3c(n12)CCc1ccccc1-3. The first-order chi connectivity index (χ1) is 9.25. The minimum Gasteiger partial charge on any atom is -0.300 e. The van der Waals surface area contributed by atoms with Gasteiger partial charge in [0.15, 0.2) is 0 Å². The van der Waals surface area contributed by atoms with E-state index >= 15 is 0 Å². The van der Waals surface area contributed by atoms with Crippen LogP contribution in [0.3, 0.4) is 0 Å². The van der Waals surface area contributed by atoms with Crippen molar-refractivity contribution in [3.8, 4) is 11.3 Å². The number of hydrogen-bond acceptors (Lipinski definition) is 1. The zero-order valence-corrected chi connectivity index (χ0v) is 12.2. The van der Waals surface area contributed by atoms with Crippen LogP contribution in [0.2, 0.25) is 0 Å². The highest BCUT2D eigenvalue weighted by molar-refractivity contribution is 9.10.